The number of hydrogen-bond acceptors (Lipinski definition) is 1. The van der Waals surface area contributed by atoms with Crippen LogP contribution in [0.25, 0.3) is 0 Å². The molecule has 0 N–H and O–H groups in total. The third-order valence-electron chi connectivity index (χ3n) is 4.36. The lowest BCUT2D eigenvalue weighted by Gasteiger charge is -2.20. The molecule has 0 unspecified atom stereocenters. The molecule has 0 spiro atoms. The van der Waals surface area contributed by atoms with Gasteiger partial charge in [-0.05, 0) is 17.3 Å². The smallest absolute Gasteiger partial charge is 0.227 e. The van der Waals surface area contributed by atoms with Crippen LogP contribution in [0.2, 0.25) is 0 Å². The van der Waals surface area contributed by atoms with Crippen molar-refractivity contribution in [3.05, 3.63) is 0 Å². The molecule has 0 heterocycles. The van der Waals surface area contributed by atoms with Crippen LogP contribution < -0.4 is 0 Å². The van der Waals surface area contributed by atoms with E-state index >= 15 is 0 Å². The lowest BCUT2D eigenvalue weighted by Crippen LogP contribution is -2.34. The van der Waals surface area contributed by atoms with E-state index in [1.54, 1.807) is 0 Å². The average Bonchev–Trinajstić information content (AvgIpc) is 2.56. The lowest BCUT2D eigenvalue weighted by atomic mass is 10.0. The van der Waals surface area contributed by atoms with Gasteiger partial charge in [0.2, 0.25) is 5.91 Å². The number of carbonyl (C=O) groups excluding carboxylic acids is 1. The van der Waals surface area contributed by atoms with Gasteiger partial charge < -0.3 is 4.90 Å². The van der Waals surface area contributed by atoms with Crippen LogP contribution in [0, 0.1) is 29.1 Å². The van der Waals surface area contributed by atoms with Crippen LogP contribution in [0.5, 0.6) is 0 Å². The van der Waals surface area contributed by atoms with Gasteiger partial charge in [-0.25, -0.2) is 0 Å². The fourth-order valence-electron chi connectivity index (χ4n) is 2.64. The molecule has 1 saturated carbocycles. The fourth-order valence-corrected chi connectivity index (χ4v) is 2.64. The maximum Gasteiger partial charge on any atom is 0.227 e. The van der Waals surface area contributed by atoms with Gasteiger partial charge in [0, 0.05) is 12.5 Å². The van der Waals surface area contributed by atoms with Crippen molar-refractivity contribution in [2.45, 2.75) is 41.0 Å². The molecule has 16 heavy (non-hydrogen) atoms. The number of hydrogen-bond donors (Lipinski definition) is 0. The van der Waals surface area contributed by atoms with Gasteiger partial charge in [-0.1, -0.05) is 40.5 Å². The predicted octanol–water partition coefficient (Wildman–Crippen LogP) is 2.54. The molecule has 2 nitrogen and oxygen atoms in total. The molecule has 1 amide bonds. The van der Waals surface area contributed by atoms with Crippen molar-refractivity contribution in [1.29, 1.82) is 0 Å². The minimum absolute atomic E-state index is 0.102. The second-order valence-electron chi connectivity index (χ2n) is 5.84. The van der Waals surface area contributed by atoms with E-state index in [0.717, 1.165) is 13.0 Å². The summed E-state index contributed by atoms with van der Waals surface area (Å²) in [6.45, 7) is 11.9. The first-order valence-electron chi connectivity index (χ1n) is 6.03. The van der Waals surface area contributed by atoms with Gasteiger partial charge in [0.15, 0.2) is 0 Å². The zero-order chi connectivity index (χ0) is 12.6. The van der Waals surface area contributed by atoms with Crippen molar-refractivity contribution in [2.24, 2.45) is 16.7 Å². The summed E-state index contributed by atoms with van der Waals surface area (Å²) in [6.07, 6.45) is 6.27. The maximum atomic E-state index is 12.3. The van der Waals surface area contributed by atoms with E-state index in [4.69, 9.17) is 6.42 Å². The topological polar surface area (TPSA) is 20.3 Å². The Morgan fingerprint density at radius 3 is 2.12 bits per heavy atom. The van der Waals surface area contributed by atoms with Crippen molar-refractivity contribution >= 4 is 5.91 Å². The molecule has 0 bridgehead atoms. The molecule has 0 aromatic heterocycles. The molecule has 0 saturated heterocycles. The van der Waals surface area contributed by atoms with Crippen LogP contribution in [0.15, 0.2) is 0 Å². The van der Waals surface area contributed by atoms with E-state index in [1.165, 1.54) is 0 Å². The zero-order valence-electron chi connectivity index (χ0n) is 11.1. The molecule has 0 radical (unpaired) electrons. The summed E-state index contributed by atoms with van der Waals surface area (Å²) in [7, 11) is 0. The van der Waals surface area contributed by atoms with Crippen molar-refractivity contribution in [3.8, 4) is 12.3 Å². The number of carbonyl (C=O) groups is 1. The van der Waals surface area contributed by atoms with Gasteiger partial charge in [0.1, 0.15) is 0 Å². The zero-order valence-corrected chi connectivity index (χ0v) is 11.1. The highest BCUT2D eigenvalue weighted by molar-refractivity contribution is 5.84. The van der Waals surface area contributed by atoms with Crippen LogP contribution >= 0.6 is 0 Å². The average molecular weight is 221 g/mol. The monoisotopic (exact) mass is 221 g/mol. The Morgan fingerprint density at radius 2 is 1.81 bits per heavy atom. The molecule has 1 rings (SSSR count). The maximum absolute atomic E-state index is 12.3. The van der Waals surface area contributed by atoms with Gasteiger partial charge in [0.25, 0.3) is 0 Å². The Balaban J connectivity index is 2.75. The van der Waals surface area contributed by atoms with E-state index in [1.807, 2.05) is 4.90 Å². The van der Waals surface area contributed by atoms with Crippen LogP contribution in [-0.2, 0) is 4.79 Å². The number of amides is 1. The minimum Gasteiger partial charge on any atom is -0.331 e. The predicted molar refractivity (Wildman–Crippen MR) is 66.8 cm³/mol. The standard InChI is InChI=1S/C14H23NO/c1-7-9-15(10-8-2)12(16)11-13(3,4)14(11,5)6/h1,11H,8-10H2,2-6H3. The molecule has 0 atom stereocenters. The highest BCUT2D eigenvalue weighted by atomic mass is 16.2. The quantitative estimate of drug-likeness (QED) is 0.668. The van der Waals surface area contributed by atoms with Crippen molar-refractivity contribution < 1.29 is 4.79 Å². The second-order valence-corrected chi connectivity index (χ2v) is 5.84. The minimum atomic E-state index is 0.102. The van der Waals surface area contributed by atoms with Gasteiger partial charge >= 0.3 is 0 Å². The fraction of sp³-hybridized carbons (Fsp3) is 0.786. The first-order chi connectivity index (χ1) is 7.30. The molecular weight excluding hydrogens is 198 g/mol. The summed E-state index contributed by atoms with van der Waals surface area (Å²) in [4.78, 5) is 14.2. The van der Waals surface area contributed by atoms with E-state index < -0.39 is 0 Å². The summed E-state index contributed by atoms with van der Waals surface area (Å²) < 4.78 is 0. The van der Waals surface area contributed by atoms with E-state index in [0.29, 0.717) is 6.54 Å². The van der Waals surface area contributed by atoms with Crippen LogP contribution in [0.4, 0.5) is 0 Å². The van der Waals surface area contributed by atoms with Crippen LogP contribution in [0.3, 0.4) is 0 Å². The highest BCUT2D eigenvalue weighted by Gasteiger charge is 2.68. The van der Waals surface area contributed by atoms with Crippen molar-refractivity contribution in [3.63, 3.8) is 0 Å². The molecule has 0 aliphatic heterocycles. The normalized spacial score (nSPS) is 21.2. The number of nitrogens with zero attached hydrogens (tertiary/aromatic N) is 1. The molecule has 90 valence electrons. The Labute approximate surface area is 99.4 Å². The Kier molecular flexibility index (Phi) is 3.38. The van der Waals surface area contributed by atoms with Gasteiger partial charge in [-0.3, -0.25) is 4.79 Å². The highest BCUT2D eigenvalue weighted by Crippen LogP contribution is 2.68. The third kappa shape index (κ3) is 1.84. The summed E-state index contributed by atoms with van der Waals surface area (Å²) in [5, 5.41) is 0. The van der Waals surface area contributed by atoms with E-state index in [9.17, 15) is 4.79 Å². The molecule has 1 aliphatic carbocycles. The van der Waals surface area contributed by atoms with Crippen molar-refractivity contribution in [1.82, 2.24) is 4.90 Å². The molecule has 1 aliphatic rings. The second kappa shape index (κ2) is 4.13. The number of terminal acetylenes is 1. The van der Waals surface area contributed by atoms with Gasteiger partial charge in [-0.15, -0.1) is 6.42 Å². The van der Waals surface area contributed by atoms with E-state index in [2.05, 4.69) is 40.5 Å². The van der Waals surface area contributed by atoms with Crippen molar-refractivity contribution in [2.75, 3.05) is 13.1 Å². The van der Waals surface area contributed by atoms with Gasteiger partial charge in [-0.2, -0.15) is 0 Å². The first-order valence-corrected chi connectivity index (χ1v) is 6.03. The van der Waals surface area contributed by atoms with Gasteiger partial charge in [0.05, 0.1) is 6.54 Å². The van der Waals surface area contributed by atoms with Crippen LogP contribution in [-0.4, -0.2) is 23.9 Å². The Hall–Kier alpha value is -0.970. The lowest BCUT2D eigenvalue weighted by molar-refractivity contribution is -0.133. The SMILES string of the molecule is C#CCN(CCC)C(=O)C1C(C)(C)C1(C)C. The summed E-state index contributed by atoms with van der Waals surface area (Å²) in [5.74, 6) is 2.93. The molecule has 0 aromatic rings. The third-order valence-corrected chi connectivity index (χ3v) is 4.36. The Bertz CT molecular complexity index is 308. The van der Waals surface area contributed by atoms with Crippen LogP contribution in [0.1, 0.15) is 41.0 Å². The summed E-state index contributed by atoms with van der Waals surface area (Å²) in [5.41, 5.74) is 0.204. The molecule has 0 aromatic carbocycles. The Morgan fingerprint density at radius 1 is 1.31 bits per heavy atom. The van der Waals surface area contributed by atoms with E-state index in [-0.39, 0.29) is 22.7 Å². The molecule has 1 fully saturated rings. The molecule has 2 heteroatoms. The molecular formula is C14H23NO. The largest absolute Gasteiger partial charge is 0.331 e. The first kappa shape index (κ1) is 13.1. The summed E-state index contributed by atoms with van der Waals surface area (Å²) >= 11 is 0. The number of rotatable bonds is 4. The summed E-state index contributed by atoms with van der Waals surface area (Å²) in [6, 6.07) is 0.